The highest BCUT2D eigenvalue weighted by Crippen LogP contribution is 2.33. The number of likely N-dealkylation sites (tertiary alicyclic amines) is 1. The van der Waals surface area contributed by atoms with Crippen molar-refractivity contribution < 1.29 is 32.7 Å². The highest BCUT2D eigenvalue weighted by atomic mass is 19.4. The van der Waals surface area contributed by atoms with Gasteiger partial charge in [0.15, 0.2) is 5.78 Å². The molecule has 9 heteroatoms. The molecule has 6 rings (SSSR count). The Morgan fingerprint density at radius 1 is 0.765 bits per heavy atom. The SMILES string of the molecule is CC(O)C(=O)[C@H](Cc1ccc(-c2ccccc2)cc1)N(C[C@@H]1CCCN1C(=O)C1CCCC1)C(=O)c1ccc(-c2ccc(C(F)(F)F)cc2)cc1. The maximum absolute atomic E-state index is 14.5. The van der Waals surface area contributed by atoms with E-state index in [1.807, 2.05) is 59.5 Å². The van der Waals surface area contributed by atoms with Gasteiger partial charge >= 0.3 is 6.18 Å². The zero-order valence-electron chi connectivity index (χ0n) is 28.7. The first-order valence-electron chi connectivity index (χ1n) is 17.7. The molecule has 4 aromatic rings. The molecule has 3 atom stereocenters. The minimum Gasteiger partial charge on any atom is -0.386 e. The molecule has 1 N–H and O–H groups in total. The van der Waals surface area contributed by atoms with Crippen LogP contribution in [0.25, 0.3) is 22.3 Å². The standard InChI is InChI=1S/C42H43F3N2O4/c1-28(48)39(49)38(26-29-13-15-31(16-14-29)30-8-3-2-4-9-30)47(27-37-12-7-25-46(37)40(50)34-10-5-6-11-34)41(51)35-19-17-32(18-20-35)33-21-23-36(24-22-33)42(43,44)45/h2-4,8-9,13-24,28,34,37-38,48H,5-7,10-12,25-27H2,1H3/t28?,37-,38-/m0/s1. The topological polar surface area (TPSA) is 77.9 Å². The Balaban J connectivity index is 1.31. The van der Waals surface area contributed by atoms with Crippen LogP contribution < -0.4 is 0 Å². The van der Waals surface area contributed by atoms with Crippen molar-refractivity contribution in [2.75, 3.05) is 13.1 Å². The van der Waals surface area contributed by atoms with E-state index in [2.05, 4.69) is 0 Å². The summed E-state index contributed by atoms with van der Waals surface area (Å²) >= 11 is 0. The molecular weight excluding hydrogens is 653 g/mol. The summed E-state index contributed by atoms with van der Waals surface area (Å²) in [5, 5.41) is 10.6. The van der Waals surface area contributed by atoms with Crippen molar-refractivity contribution in [2.24, 2.45) is 5.92 Å². The number of benzene rings is 4. The lowest BCUT2D eigenvalue weighted by atomic mass is 9.94. The van der Waals surface area contributed by atoms with Crippen LogP contribution in [0.5, 0.6) is 0 Å². The number of amides is 2. The van der Waals surface area contributed by atoms with Crippen molar-refractivity contribution in [1.82, 2.24) is 9.80 Å². The molecule has 1 saturated heterocycles. The summed E-state index contributed by atoms with van der Waals surface area (Å²) in [6.45, 7) is 2.13. The third-order valence-corrected chi connectivity index (χ3v) is 10.3. The Kier molecular flexibility index (Phi) is 11.1. The second-order valence-corrected chi connectivity index (χ2v) is 13.8. The monoisotopic (exact) mass is 696 g/mol. The zero-order chi connectivity index (χ0) is 36.1. The van der Waals surface area contributed by atoms with Crippen LogP contribution in [-0.2, 0) is 22.2 Å². The van der Waals surface area contributed by atoms with Gasteiger partial charge < -0.3 is 14.9 Å². The van der Waals surface area contributed by atoms with E-state index in [-0.39, 0.29) is 30.8 Å². The summed E-state index contributed by atoms with van der Waals surface area (Å²) in [7, 11) is 0. The average molecular weight is 697 g/mol. The van der Waals surface area contributed by atoms with E-state index < -0.39 is 35.6 Å². The Morgan fingerprint density at radius 2 is 1.31 bits per heavy atom. The van der Waals surface area contributed by atoms with Crippen LogP contribution in [0.15, 0.2) is 103 Å². The molecule has 1 heterocycles. The number of carbonyl (C=O) groups excluding carboxylic acids is 3. The maximum atomic E-state index is 14.5. The van der Waals surface area contributed by atoms with Crippen LogP contribution in [0, 0.1) is 5.92 Å². The van der Waals surface area contributed by atoms with Gasteiger partial charge in [-0.15, -0.1) is 0 Å². The lowest BCUT2D eigenvalue weighted by Crippen LogP contribution is -2.54. The first-order chi connectivity index (χ1) is 24.5. The fraction of sp³-hybridized carbons (Fsp3) is 0.357. The zero-order valence-corrected chi connectivity index (χ0v) is 28.7. The third kappa shape index (κ3) is 8.42. The van der Waals surface area contributed by atoms with E-state index in [9.17, 15) is 32.7 Å². The molecule has 0 radical (unpaired) electrons. The molecule has 6 nitrogen and oxygen atoms in total. The number of hydrogen-bond donors (Lipinski definition) is 1. The molecule has 0 bridgehead atoms. The van der Waals surface area contributed by atoms with E-state index in [4.69, 9.17) is 0 Å². The Labute approximate surface area is 296 Å². The Bertz CT molecular complexity index is 1800. The lowest BCUT2D eigenvalue weighted by molar-refractivity contribution is -0.138. The van der Waals surface area contributed by atoms with Gasteiger partial charge in [0.2, 0.25) is 5.91 Å². The summed E-state index contributed by atoms with van der Waals surface area (Å²) in [4.78, 5) is 45.4. The molecular formula is C42H43F3N2O4. The van der Waals surface area contributed by atoms with Crippen LogP contribution >= 0.6 is 0 Å². The molecule has 1 saturated carbocycles. The van der Waals surface area contributed by atoms with Gasteiger partial charge in [-0.1, -0.05) is 91.7 Å². The van der Waals surface area contributed by atoms with Gasteiger partial charge in [0.1, 0.15) is 6.10 Å². The van der Waals surface area contributed by atoms with Gasteiger partial charge in [-0.05, 0) is 84.7 Å². The number of rotatable bonds is 11. The minimum absolute atomic E-state index is 0.0227. The molecule has 2 fully saturated rings. The molecule has 0 spiro atoms. The molecule has 266 valence electrons. The third-order valence-electron chi connectivity index (χ3n) is 10.3. The second kappa shape index (κ2) is 15.6. The van der Waals surface area contributed by atoms with Crippen molar-refractivity contribution >= 4 is 17.6 Å². The molecule has 1 unspecified atom stereocenters. The van der Waals surface area contributed by atoms with Crippen molar-refractivity contribution in [3.8, 4) is 22.3 Å². The number of Topliss-reactive ketones (excluding diaryl/α,β-unsaturated/α-hetero) is 1. The number of nitrogens with zero attached hydrogens (tertiary/aromatic N) is 2. The first kappa shape index (κ1) is 36.0. The smallest absolute Gasteiger partial charge is 0.386 e. The molecule has 0 aromatic heterocycles. The second-order valence-electron chi connectivity index (χ2n) is 13.8. The predicted molar refractivity (Wildman–Crippen MR) is 191 cm³/mol. The highest BCUT2D eigenvalue weighted by molar-refractivity contribution is 5.99. The summed E-state index contributed by atoms with van der Waals surface area (Å²) in [5.41, 5.74) is 3.61. The van der Waals surface area contributed by atoms with E-state index in [0.29, 0.717) is 29.7 Å². The van der Waals surface area contributed by atoms with Crippen LogP contribution in [0.2, 0.25) is 0 Å². The number of hydrogen-bond acceptors (Lipinski definition) is 4. The molecule has 4 aromatic carbocycles. The lowest BCUT2D eigenvalue weighted by Gasteiger charge is -2.37. The van der Waals surface area contributed by atoms with Crippen molar-refractivity contribution in [2.45, 2.75) is 76.2 Å². The number of halogens is 3. The predicted octanol–water partition coefficient (Wildman–Crippen LogP) is 8.22. The number of carbonyl (C=O) groups is 3. The Hall–Kier alpha value is -4.76. The maximum Gasteiger partial charge on any atom is 0.416 e. The summed E-state index contributed by atoms with van der Waals surface area (Å²) in [5.74, 6) is -0.832. The summed E-state index contributed by atoms with van der Waals surface area (Å²) in [6.07, 6.45) is -0.367. The van der Waals surface area contributed by atoms with E-state index in [1.165, 1.54) is 24.0 Å². The van der Waals surface area contributed by atoms with Crippen molar-refractivity contribution in [3.05, 3.63) is 120 Å². The number of aliphatic hydroxyl groups excluding tert-OH is 1. The van der Waals surface area contributed by atoms with Crippen molar-refractivity contribution in [3.63, 3.8) is 0 Å². The van der Waals surface area contributed by atoms with Crippen LogP contribution in [0.4, 0.5) is 13.2 Å². The average Bonchev–Trinajstić information content (AvgIpc) is 3.86. The Morgan fingerprint density at radius 3 is 1.88 bits per heavy atom. The van der Waals surface area contributed by atoms with E-state index in [0.717, 1.165) is 60.9 Å². The van der Waals surface area contributed by atoms with Gasteiger partial charge in [-0.3, -0.25) is 14.4 Å². The van der Waals surface area contributed by atoms with Gasteiger partial charge in [-0.25, -0.2) is 0 Å². The molecule has 1 aliphatic heterocycles. The fourth-order valence-corrected chi connectivity index (χ4v) is 7.45. The van der Waals surface area contributed by atoms with Gasteiger partial charge in [0, 0.05) is 37.0 Å². The number of ketones is 1. The van der Waals surface area contributed by atoms with Gasteiger partial charge in [0.25, 0.3) is 5.91 Å². The minimum atomic E-state index is -4.45. The van der Waals surface area contributed by atoms with Crippen molar-refractivity contribution in [1.29, 1.82) is 0 Å². The van der Waals surface area contributed by atoms with E-state index in [1.54, 1.807) is 24.3 Å². The fourth-order valence-electron chi connectivity index (χ4n) is 7.45. The largest absolute Gasteiger partial charge is 0.416 e. The summed E-state index contributed by atoms with van der Waals surface area (Å²) in [6, 6.07) is 27.8. The van der Waals surface area contributed by atoms with Crippen LogP contribution in [0.3, 0.4) is 0 Å². The first-order valence-corrected chi connectivity index (χ1v) is 17.7. The number of alkyl halides is 3. The summed E-state index contributed by atoms with van der Waals surface area (Å²) < 4.78 is 39.4. The quantitative estimate of drug-likeness (QED) is 0.172. The normalized spacial score (nSPS) is 17.7. The van der Waals surface area contributed by atoms with E-state index >= 15 is 0 Å². The number of aliphatic hydroxyl groups is 1. The molecule has 2 aliphatic rings. The van der Waals surface area contributed by atoms with Crippen LogP contribution in [-0.4, -0.2) is 63.8 Å². The molecule has 2 amide bonds. The van der Waals surface area contributed by atoms with Gasteiger partial charge in [0.05, 0.1) is 11.6 Å². The highest BCUT2D eigenvalue weighted by Gasteiger charge is 2.39. The molecule has 51 heavy (non-hydrogen) atoms. The molecule has 1 aliphatic carbocycles. The van der Waals surface area contributed by atoms with Crippen LogP contribution in [0.1, 0.15) is 66.9 Å². The van der Waals surface area contributed by atoms with Gasteiger partial charge in [-0.2, -0.15) is 13.2 Å².